The average molecular weight is 196 g/mol. The van der Waals surface area contributed by atoms with Crippen LogP contribution in [0.4, 0.5) is 5.69 Å². The lowest BCUT2D eigenvalue weighted by Gasteiger charge is -2.17. The van der Waals surface area contributed by atoms with Crippen LogP contribution in [0.25, 0.3) is 0 Å². The van der Waals surface area contributed by atoms with E-state index < -0.39 is 0 Å². The number of hydrogen-bond donors (Lipinski definition) is 1. The number of fused-ring (bicyclic) bond motifs is 1. The van der Waals surface area contributed by atoms with Crippen molar-refractivity contribution < 1.29 is 4.74 Å². The van der Waals surface area contributed by atoms with Gasteiger partial charge < -0.3 is 10.1 Å². The van der Waals surface area contributed by atoms with Gasteiger partial charge in [0.1, 0.15) is 0 Å². The van der Waals surface area contributed by atoms with Gasteiger partial charge >= 0.3 is 0 Å². The van der Waals surface area contributed by atoms with Crippen LogP contribution in [0.3, 0.4) is 0 Å². The van der Waals surface area contributed by atoms with Gasteiger partial charge in [-0.25, -0.2) is 0 Å². The summed E-state index contributed by atoms with van der Waals surface area (Å²) >= 11 is 5.87. The van der Waals surface area contributed by atoms with Crippen LogP contribution in [0.1, 0.15) is 5.56 Å². The first-order valence-electron chi connectivity index (χ1n) is 4.09. The van der Waals surface area contributed by atoms with Crippen LogP contribution < -0.4 is 5.32 Å². The monoisotopic (exact) mass is 195 g/mol. The minimum Gasteiger partial charge on any atom is -0.482 e. The summed E-state index contributed by atoms with van der Waals surface area (Å²) in [7, 11) is 1.65. The molecule has 0 saturated heterocycles. The molecule has 2 rings (SSSR count). The summed E-state index contributed by atoms with van der Waals surface area (Å²) in [5, 5.41) is 3.93. The molecule has 1 heterocycles. The summed E-state index contributed by atoms with van der Waals surface area (Å²) in [6, 6.07) is 5.79. The van der Waals surface area contributed by atoms with E-state index in [0.29, 0.717) is 0 Å². The number of halogens is 1. The van der Waals surface area contributed by atoms with Crippen molar-refractivity contribution in [3.8, 4) is 0 Å². The van der Waals surface area contributed by atoms with Crippen molar-refractivity contribution in [2.75, 3.05) is 12.4 Å². The molecular weight excluding hydrogens is 186 g/mol. The number of ether oxygens (including phenoxy) is 1. The number of methoxy groups -OCH3 is 1. The zero-order chi connectivity index (χ0) is 9.26. The van der Waals surface area contributed by atoms with E-state index in [2.05, 4.69) is 5.32 Å². The van der Waals surface area contributed by atoms with E-state index in [-0.39, 0.29) is 0 Å². The molecular formula is C10H10ClNO. The van der Waals surface area contributed by atoms with Crippen molar-refractivity contribution in [1.29, 1.82) is 0 Å². The molecule has 1 aliphatic heterocycles. The fourth-order valence-electron chi connectivity index (χ4n) is 1.37. The van der Waals surface area contributed by atoms with Gasteiger partial charge in [-0.05, 0) is 36.3 Å². The molecule has 0 fully saturated rings. The Kier molecular flexibility index (Phi) is 2.15. The largest absolute Gasteiger partial charge is 0.482 e. The third kappa shape index (κ3) is 1.63. The Morgan fingerprint density at radius 2 is 2.31 bits per heavy atom. The Morgan fingerprint density at radius 3 is 3.08 bits per heavy atom. The Hall–Kier alpha value is -1.15. The molecule has 0 amide bonds. The smallest absolute Gasteiger partial charge is 0.187 e. The summed E-state index contributed by atoms with van der Waals surface area (Å²) in [6.07, 6.45) is 2.87. The van der Waals surface area contributed by atoms with Gasteiger partial charge in [0, 0.05) is 10.7 Å². The number of benzene rings is 1. The molecule has 0 bridgehead atoms. The maximum absolute atomic E-state index is 5.87. The van der Waals surface area contributed by atoms with Crippen LogP contribution in [0.2, 0.25) is 5.02 Å². The lowest BCUT2D eigenvalue weighted by molar-refractivity contribution is 0.295. The topological polar surface area (TPSA) is 21.3 Å². The average Bonchev–Trinajstić information content (AvgIpc) is 2.17. The molecule has 1 aromatic rings. The summed E-state index contributed by atoms with van der Waals surface area (Å²) in [6.45, 7) is 0. The molecule has 0 radical (unpaired) electrons. The summed E-state index contributed by atoms with van der Waals surface area (Å²) in [5.74, 6) is 0.801. The van der Waals surface area contributed by atoms with E-state index in [4.69, 9.17) is 16.3 Å². The fraction of sp³-hybridized carbons (Fsp3) is 0.200. The minimum atomic E-state index is 0.773. The highest BCUT2D eigenvalue weighted by Crippen LogP contribution is 2.26. The molecule has 2 nitrogen and oxygen atoms in total. The van der Waals surface area contributed by atoms with Crippen LogP contribution in [0.5, 0.6) is 0 Å². The zero-order valence-electron chi connectivity index (χ0n) is 7.30. The minimum absolute atomic E-state index is 0.773. The van der Waals surface area contributed by atoms with Gasteiger partial charge in [-0.15, -0.1) is 0 Å². The standard InChI is InChI=1S/C10H10ClNO/c1-13-10-5-2-7-6-8(11)3-4-9(7)12-10/h3-6,12H,2H2,1H3. The third-order valence-electron chi connectivity index (χ3n) is 2.05. The van der Waals surface area contributed by atoms with Crippen molar-refractivity contribution in [2.24, 2.45) is 0 Å². The second-order valence-electron chi connectivity index (χ2n) is 2.90. The highest BCUT2D eigenvalue weighted by Gasteiger charge is 2.09. The molecule has 0 unspecified atom stereocenters. The quantitative estimate of drug-likeness (QED) is 0.744. The summed E-state index contributed by atoms with van der Waals surface area (Å²) in [5.41, 5.74) is 2.28. The van der Waals surface area contributed by atoms with Gasteiger partial charge in [-0.2, -0.15) is 0 Å². The highest BCUT2D eigenvalue weighted by atomic mass is 35.5. The van der Waals surface area contributed by atoms with Gasteiger partial charge in [0.2, 0.25) is 0 Å². The first kappa shape index (κ1) is 8.45. The molecule has 13 heavy (non-hydrogen) atoms. The first-order chi connectivity index (χ1) is 6.29. The molecule has 3 heteroatoms. The molecule has 68 valence electrons. The van der Waals surface area contributed by atoms with Crippen LogP contribution in [-0.2, 0) is 11.2 Å². The predicted octanol–water partition coefficient (Wildman–Crippen LogP) is 2.80. The number of nitrogens with one attached hydrogen (secondary N) is 1. The molecule has 0 aliphatic carbocycles. The number of rotatable bonds is 1. The molecule has 1 N–H and O–H groups in total. The van der Waals surface area contributed by atoms with Gasteiger partial charge in [0.05, 0.1) is 7.11 Å². The number of allylic oxidation sites excluding steroid dienone is 1. The number of hydrogen-bond acceptors (Lipinski definition) is 2. The van der Waals surface area contributed by atoms with Crippen molar-refractivity contribution in [3.05, 3.63) is 40.7 Å². The molecule has 0 spiro atoms. The Morgan fingerprint density at radius 1 is 1.46 bits per heavy atom. The van der Waals surface area contributed by atoms with Crippen molar-refractivity contribution in [2.45, 2.75) is 6.42 Å². The van der Waals surface area contributed by atoms with E-state index >= 15 is 0 Å². The van der Waals surface area contributed by atoms with Crippen LogP contribution in [0.15, 0.2) is 30.2 Å². The third-order valence-corrected chi connectivity index (χ3v) is 2.29. The van der Waals surface area contributed by atoms with Crippen molar-refractivity contribution in [1.82, 2.24) is 0 Å². The van der Waals surface area contributed by atoms with E-state index in [0.717, 1.165) is 23.0 Å². The Balaban J connectivity index is 2.33. The SMILES string of the molecule is COC1=CCc2cc(Cl)ccc2N1. The normalized spacial score (nSPS) is 14.2. The predicted molar refractivity (Wildman–Crippen MR) is 53.9 cm³/mol. The second kappa shape index (κ2) is 3.30. The van der Waals surface area contributed by atoms with E-state index in [9.17, 15) is 0 Å². The molecule has 1 aliphatic rings. The van der Waals surface area contributed by atoms with E-state index in [1.54, 1.807) is 7.11 Å². The molecule has 0 aromatic heterocycles. The van der Waals surface area contributed by atoms with Crippen molar-refractivity contribution >= 4 is 17.3 Å². The number of anilines is 1. The molecule has 0 saturated carbocycles. The van der Waals surface area contributed by atoms with Gasteiger partial charge in [-0.1, -0.05) is 11.6 Å². The lowest BCUT2D eigenvalue weighted by Crippen LogP contribution is -2.09. The molecule has 1 aromatic carbocycles. The van der Waals surface area contributed by atoms with Crippen LogP contribution in [-0.4, -0.2) is 7.11 Å². The van der Waals surface area contributed by atoms with E-state index in [1.807, 2.05) is 24.3 Å². The van der Waals surface area contributed by atoms with Gasteiger partial charge in [0.15, 0.2) is 5.88 Å². The second-order valence-corrected chi connectivity index (χ2v) is 3.34. The maximum Gasteiger partial charge on any atom is 0.187 e. The van der Waals surface area contributed by atoms with E-state index in [1.165, 1.54) is 5.56 Å². The highest BCUT2D eigenvalue weighted by molar-refractivity contribution is 6.30. The van der Waals surface area contributed by atoms with Crippen LogP contribution >= 0.6 is 11.6 Å². The lowest BCUT2D eigenvalue weighted by atomic mass is 10.1. The van der Waals surface area contributed by atoms with Gasteiger partial charge in [-0.3, -0.25) is 0 Å². The Labute approximate surface area is 82.2 Å². The van der Waals surface area contributed by atoms with Crippen LogP contribution in [0, 0.1) is 0 Å². The maximum atomic E-state index is 5.87. The fourth-order valence-corrected chi connectivity index (χ4v) is 1.57. The molecule has 0 atom stereocenters. The van der Waals surface area contributed by atoms with Gasteiger partial charge in [0.25, 0.3) is 0 Å². The Bertz CT molecular complexity index is 360. The van der Waals surface area contributed by atoms with Crippen molar-refractivity contribution in [3.63, 3.8) is 0 Å². The first-order valence-corrected chi connectivity index (χ1v) is 4.47. The summed E-state index contributed by atoms with van der Waals surface area (Å²) < 4.78 is 5.10. The summed E-state index contributed by atoms with van der Waals surface area (Å²) in [4.78, 5) is 0. The zero-order valence-corrected chi connectivity index (χ0v) is 8.06.